The van der Waals surface area contributed by atoms with Gasteiger partial charge in [0.2, 0.25) is 5.89 Å². The summed E-state index contributed by atoms with van der Waals surface area (Å²) in [4.78, 5) is 19.2. The summed E-state index contributed by atoms with van der Waals surface area (Å²) in [7, 11) is 0. The number of carboxylic acid groups (broad SMARTS) is 1. The number of oxazole rings is 1. The smallest absolute Gasteiger partial charge is 0.354 e. The molecule has 2 N–H and O–H groups in total. The van der Waals surface area contributed by atoms with Crippen LogP contribution in [0.3, 0.4) is 0 Å². The Morgan fingerprint density at radius 1 is 1.00 bits per heavy atom. The van der Waals surface area contributed by atoms with Gasteiger partial charge in [-0.3, -0.25) is 0 Å². The molecule has 6 heteroatoms. The third-order valence-electron chi connectivity index (χ3n) is 4.57. The molecule has 6 nitrogen and oxygen atoms in total. The fourth-order valence-electron chi connectivity index (χ4n) is 3.04. The number of aliphatic hydroxyl groups excluding tert-OH is 1. The van der Waals surface area contributed by atoms with Crippen LogP contribution in [0.2, 0.25) is 0 Å². The summed E-state index contributed by atoms with van der Waals surface area (Å²) >= 11 is 0. The quantitative estimate of drug-likeness (QED) is 0.497. The monoisotopic (exact) mass is 380 g/mol. The van der Waals surface area contributed by atoms with Crippen LogP contribution in [0.15, 0.2) is 59.1 Å². The topological polar surface area (TPSA) is 96.5 Å². The minimum atomic E-state index is -1.10. The van der Waals surface area contributed by atoms with E-state index in [4.69, 9.17) is 9.52 Å². The van der Waals surface area contributed by atoms with Crippen molar-refractivity contribution < 1.29 is 19.4 Å². The molecular weight excluding hydrogens is 356 g/mol. The number of aryl methyl sites for hydroxylation is 1. The molecule has 1 atom stereocenters. The molecule has 0 aliphatic heterocycles. The second-order valence-electron chi connectivity index (χ2n) is 6.73. The van der Waals surface area contributed by atoms with Gasteiger partial charge >= 0.3 is 5.97 Å². The zero-order valence-corrected chi connectivity index (χ0v) is 15.6. The molecule has 0 aliphatic carbocycles. The van der Waals surface area contributed by atoms with Crippen LogP contribution in [-0.2, 0) is 6.42 Å². The summed E-state index contributed by atoms with van der Waals surface area (Å²) in [6, 6.07) is 15.1. The van der Waals surface area contributed by atoms with E-state index in [2.05, 4.69) is 34.2 Å². The maximum absolute atomic E-state index is 11.0. The minimum Gasteiger partial charge on any atom is -0.477 e. The predicted molar refractivity (Wildman–Crippen MR) is 105 cm³/mol. The Hall–Kier alpha value is -2.99. The molecule has 2 aromatic heterocycles. The van der Waals surface area contributed by atoms with E-state index in [1.165, 1.54) is 17.8 Å². The van der Waals surface area contributed by atoms with Gasteiger partial charge in [-0.15, -0.1) is 0 Å². The standard InChI is InChI=1S/C22H24N2O4/c25-19(14-7-2-1-4-9-16-10-5-3-6-11-16)21-23-15-20(28-21)17-12-8-13-18(24-17)22(26)27/h3,5-6,8,10-13,15,19,25H,1-2,4,7,9,14H2,(H,26,27)/t19-/m0/s1. The van der Waals surface area contributed by atoms with Crippen molar-refractivity contribution in [2.45, 2.75) is 44.6 Å². The molecule has 0 spiro atoms. The maximum atomic E-state index is 11.0. The molecule has 0 fully saturated rings. The summed E-state index contributed by atoms with van der Waals surface area (Å²) < 4.78 is 5.59. The van der Waals surface area contributed by atoms with E-state index in [0.717, 1.165) is 32.1 Å². The summed E-state index contributed by atoms with van der Waals surface area (Å²) in [6.45, 7) is 0. The number of aromatic carboxylic acids is 1. The number of hydrogen-bond donors (Lipinski definition) is 2. The van der Waals surface area contributed by atoms with E-state index in [0.29, 0.717) is 17.9 Å². The largest absolute Gasteiger partial charge is 0.477 e. The number of pyridine rings is 1. The lowest BCUT2D eigenvalue weighted by atomic mass is 10.0. The summed E-state index contributed by atoms with van der Waals surface area (Å²) in [5, 5.41) is 19.3. The maximum Gasteiger partial charge on any atom is 0.354 e. The highest BCUT2D eigenvalue weighted by Crippen LogP contribution is 2.25. The molecule has 3 aromatic rings. The zero-order chi connectivity index (χ0) is 19.8. The van der Waals surface area contributed by atoms with Gasteiger partial charge in [0.25, 0.3) is 0 Å². The Bertz CT molecular complexity index is 892. The molecule has 28 heavy (non-hydrogen) atoms. The molecule has 0 radical (unpaired) electrons. The fraction of sp³-hybridized carbons (Fsp3) is 0.318. The highest BCUT2D eigenvalue weighted by atomic mass is 16.4. The van der Waals surface area contributed by atoms with E-state index in [1.807, 2.05) is 6.07 Å². The summed E-state index contributed by atoms with van der Waals surface area (Å²) in [5.74, 6) is -0.518. The van der Waals surface area contributed by atoms with Crippen molar-refractivity contribution in [2.24, 2.45) is 0 Å². The van der Waals surface area contributed by atoms with Crippen LogP contribution in [0, 0.1) is 0 Å². The van der Waals surface area contributed by atoms with E-state index >= 15 is 0 Å². The molecule has 1 aromatic carbocycles. The lowest BCUT2D eigenvalue weighted by molar-refractivity contribution is 0.0690. The van der Waals surface area contributed by atoms with E-state index in [9.17, 15) is 9.90 Å². The predicted octanol–water partition coefficient (Wildman–Crippen LogP) is 4.66. The van der Waals surface area contributed by atoms with Crippen LogP contribution in [0.1, 0.15) is 60.2 Å². The molecule has 2 heterocycles. The molecule has 0 amide bonds. The van der Waals surface area contributed by atoms with Crippen molar-refractivity contribution in [2.75, 3.05) is 0 Å². The van der Waals surface area contributed by atoms with Crippen molar-refractivity contribution in [3.8, 4) is 11.5 Å². The number of rotatable bonds is 10. The third kappa shape index (κ3) is 5.50. The first-order valence-corrected chi connectivity index (χ1v) is 9.52. The first-order chi connectivity index (χ1) is 13.6. The van der Waals surface area contributed by atoms with Crippen molar-refractivity contribution in [1.82, 2.24) is 9.97 Å². The highest BCUT2D eigenvalue weighted by molar-refractivity contribution is 5.85. The van der Waals surface area contributed by atoms with E-state index < -0.39 is 12.1 Å². The number of carbonyl (C=O) groups is 1. The Morgan fingerprint density at radius 2 is 1.79 bits per heavy atom. The first-order valence-electron chi connectivity index (χ1n) is 9.52. The number of unbranched alkanes of at least 4 members (excludes halogenated alkanes) is 3. The number of hydrogen-bond acceptors (Lipinski definition) is 5. The average molecular weight is 380 g/mol. The molecular formula is C22H24N2O4. The Kier molecular flexibility index (Phi) is 6.92. The van der Waals surface area contributed by atoms with Crippen LogP contribution < -0.4 is 0 Å². The van der Waals surface area contributed by atoms with Gasteiger partial charge in [-0.1, -0.05) is 55.7 Å². The molecule has 0 bridgehead atoms. The lowest BCUT2D eigenvalue weighted by Crippen LogP contribution is -2.00. The SMILES string of the molecule is O=C(O)c1cccc(-c2cnc([C@@H](O)CCCCCCc3ccccc3)o2)n1. The molecule has 0 unspecified atom stereocenters. The molecule has 0 saturated heterocycles. The number of carboxylic acids is 1. The van der Waals surface area contributed by atoms with Crippen LogP contribution in [0.5, 0.6) is 0 Å². The van der Waals surface area contributed by atoms with Gasteiger partial charge in [0.05, 0.1) is 6.20 Å². The van der Waals surface area contributed by atoms with Gasteiger partial charge < -0.3 is 14.6 Å². The van der Waals surface area contributed by atoms with Crippen LogP contribution in [-0.4, -0.2) is 26.2 Å². The minimum absolute atomic E-state index is 0.0634. The van der Waals surface area contributed by atoms with Crippen molar-refractivity contribution in [3.63, 3.8) is 0 Å². The van der Waals surface area contributed by atoms with Crippen LogP contribution in [0.4, 0.5) is 0 Å². The van der Waals surface area contributed by atoms with Gasteiger partial charge in [0.15, 0.2) is 5.76 Å². The molecule has 0 aliphatic rings. The van der Waals surface area contributed by atoms with Gasteiger partial charge in [-0.2, -0.15) is 0 Å². The Morgan fingerprint density at radius 3 is 2.57 bits per heavy atom. The summed E-state index contributed by atoms with van der Waals surface area (Å²) in [5.41, 5.74) is 1.67. The second-order valence-corrected chi connectivity index (χ2v) is 6.73. The Labute approximate surface area is 163 Å². The van der Waals surface area contributed by atoms with Gasteiger partial charge in [-0.05, 0) is 37.0 Å². The van der Waals surface area contributed by atoms with Crippen LogP contribution >= 0.6 is 0 Å². The number of nitrogens with zero attached hydrogens (tertiary/aromatic N) is 2. The van der Waals surface area contributed by atoms with Crippen molar-refractivity contribution in [3.05, 3.63) is 71.9 Å². The van der Waals surface area contributed by atoms with E-state index in [-0.39, 0.29) is 11.6 Å². The van der Waals surface area contributed by atoms with Gasteiger partial charge in [0.1, 0.15) is 17.5 Å². The van der Waals surface area contributed by atoms with Crippen LogP contribution in [0.25, 0.3) is 11.5 Å². The summed E-state index contributed by atoms with van der Waals surface area (Å²) in [6.07, 6.45) is 6.53. The Balaban J connectivity index is 1.43. The average Bonchev–Trinajstić information content (AvgIpc) is 3.22. The highest BCUT2D eigenvalue weighted by Gasteiger charge is 2.16. The number of aromatic nitrogens is 2. The van der Waals surface area contributed by atoms with Crippen molar-refractivity contribution >= 4 is 5.97 Å². The lowest BCUT2D eigenvalue weighted by Gasteiger charge is -2.06. The van der Waals surface area contributed by atoms with E-state index in [1.54, 1.807) is 12.1 Å². The number of benzene rings is 1. The number of aliphatic hydroxyl groups is 1. The normalized spacial score (nSPS) is 12.0. The van der Waals surface area contributed by atoms with Gasteiger partial charge in [0, 0.05) is 0 Å². The molecule has 0 saturated carbocycles. The zero-order valence-electron chi connectivity index (χ0n) is 15.6. The second kappa shape index (κ2) is 9.80. The first kappa shape index (κ1) is 19.8. The molecule has 146 valence electrons. The molecule has 3 rings (SSSR count). The third-order valence-corrected chi connectivity index (χ3v) is 4.57. The van der Waals surface area contributed by atoms with Gasteiger partial charge in [-0.25, -0.2) is 14.8 Å². The fourth-order valence-corrected chi connectivity index (χ4v) is 3.04. The van der Waals surface area contributed by atoms with Crippen molar-refractivity contribution in [1.29, 1.82) is 0 Å².